The summed E-state index contributed by atoms with van der Waals surface area (Å²) in [5.41, 5.74) is 1.22. The monoisotopic (exact) mass is 349 g/mol. The number of nitrogens with zero attached hydrogens (tertiary/aromatic N) is 1. The number of carbonyl (C=O) groups is 1. The molecule has 0 bridgehead atoms. The molecule has 0 aliphatic carbocycles. The SMILES string of the molecule is COc1cccc2cc(C(=O)NCc3nc4ccccc4[nH]3)c(=O)oc12. The molecule has 4 rings (SSSR count). The molecule has 0 fully saturated rings. The molecule has 0 saturated carbocycles. The lowest BCUT2D eigenvalue weighted by Crippen LogP contribution is -2.28. The van der Waals surface area contributed by atoms with Crippen LogP contribution in [-0.2, 0) is 6.54 Å². The summed E-state index contributed by atoms with van der Waals surface area (Å²) in [5.74, 6) is 0.518. The minimum absolute atomic E-state index is 0.0677. The fourth-order valence-corrected chi connectivity index (χ4v) is 2.79. The summed E-state index contributed by atoms with van der Waals surface area (Å²) in [4.78, 5) is 32.1. The minimum Gasteiger partial charge on any atom is -0.493 e. The number of hydrogen-bond donors (Lipinski definition) is 2. The summed E-state index contributed by atoms with van der Waals surface area (Å²) in [6.45, 7) is 0.170. The third-order valence-electron chi connectivity index (χ3n) is 4.04. The molecule has 0 saturated heterocycles. The fraction of sp³-hybridized carbons (Fsp3) is 0.105. The summed E-state index contributed by atoms with van der Waals surface area (Å²) in [7, 11) is 1.49. The van der Waals surface area contributed by atoms with Crippen LogP contribution in [0.1, 0.15) is 16.2 Å². The molecule has 2 aromatic heterocycles. The van der Waals surface area contributed by atoms with Crippen LogP contribution in [0, 0.1) is 0 Å². The van der Waals surface area contributed by atoms with Gasteiger partial charge < -0.3 is 19.5 Å². The standard InChI is InChI=1S/C19H15N3O4/c1-25-15-8-4-5-11-9-12(19(24)26-17(11)15)18(23)20-10-16-21-13-6-2-3-7-14(13)22-16/h2-9H,10H2,1H3,(H,20,23)(H,21,22). The number of nitrogens with one attached hydrogen (secondary N) is 2. The first kappa shape index (κ1) is 15.9. The van der Waals surface area contributed by atoms with Gasteiger partial charge in [0.25, 0.3) is 5.91 Å². The number of methoxy groups -OCH3 is 1. The second-order valence-corrected chi connectivity index (χ2v) is 5.71. The number of H-pyrrole nitrogens is 1. The van der Waals surface area contributed by atoms with Crippen molar-refractivity contribution in [3.63, 3.8) is 0 Å². The Balaban J connectivity index is 1.59. The van der Waals surface area contributed by atoms with E-state index in [2.05, 4.69) is 15.3 Å². The van der Waals surface area contributed by atoms with Crippen molar-refractivity contribution in [3.8, 4) is 5.75 Å². The Morgan fingerprint density at radius 1 is 1.23 bits per heavy atom. The van der Waals surface area contributed by atoms with Gasteiger partial charge in [0.2, 0.25) is 0 Å². The zero-order chi connectivity index (χ0) is 18.1. The highest BCUT2D eigenvalue weighted by molar-refractivity contribution is 5.97. The molecule has 2 aromatic carbocycles. The van der Waals surface area contributed by atoms with Crippen LogP contribution >= 0.6 is 0 Å². The summed E-state index contributed by atoms with van der Waals surface area (Å²) in [6, 6.07) is 14.3. The summed E-state index contributed by atoms with van der Waals surface area (Å²) in [6.07, 6.45) is 0. The van der Waals surface area contributed by atoms with Crippen LogP contribution in [-0.4, -0.2) is 23.0 Å². The minimum atomic E-state index is -0.718. The largest absolute Gasteiger partial charge is 0.493 e. The van der Waals surface area contributed by atoms with Crippen LogP contribution in [0.25, 0.3) is 22.0 Å². The van der Waals surface area contributed by atoms with Gasteiger partial charge in [-0.3, -0.25) is 4.79 Å². The lowest BCUT2D eigenvalue weighted by atomic mass is 10.1. The molecule has 1 amide bonds. The van der Waals surface area contributed by atoms with Crippen LogP contribution in [0.4, 0.5) is 0 Å². The number of carbonyl (C=O) groups excluding carboxylic acids is 1. The van der Waals surface area contributed by atoms with Gasteiger partial charge in [-0.25, -0.2) is 9.78 Å². The van der Waals surface area contributed by atoms with E-state index < -0.39 is 11.5 Å². The number of para-hydroxylation sites is 3. The third-order valence-corrected chi connectivity index (χ3v) is 4.04. The quantitative estimate of drug-likeness (QED) is 0.552. The molecule has 0 unspecified atom stereocenters. The maximum Gasteiger partial charge on any atom is 0.349 e. The van der Waals surface area contributed by atoms with E-state index in [9.17, 15) is 9.59 Å². The molecule has 0 spiro atoms. The van der Waals surface area contributed by atoms with Gasteiger partial charge in [0.05, 0.1) is 24.7 Å². The molecule has 0 atom stereocenters. The fourth-order valence-electron chi connectivity index (χ4n) is 2.79. The molecule has 4 aromatic rings. The van der Waals surface area contributed by atoms with Crippen molar-refractivity contribution in [2.24, 2.45) is 0 Å². The Morgan fingerprint density at radius 3 is 2.88 bits per heavy atom. The molecule has 0 aliphatic heterocycles. The molecule has 2 N–H and O–H groups in total. The average molecular weight is 349 g/mol. The molecular formula is C19H15N3O4. The number of benzene rings is 2. The van der Waals surface area contributed by atoms with Gasteiger partial charge in [0, 0.05) is 5.39 Å². The highest BCUT2D eigenvalue weighted by atomic mass is 16.5. The van der Waals surface area contributed by atoms with Gasteiger partial charge in [-0.05, 0) is 24.3 Å². The van der Waals surface area contributed by atoms with Gasteiger partial charge in [0.1, 0.15) is 11.4 Å². The molecule has 0 radical (unpaired) electrons. The predicted octanol–water partition coefficient (Wildman–Crippen LogP) is 2.61. The first-order chi connectivity index (χ1) is 12.7. The molecule has 26 heavy (non-hydrogen) atoms. The van der Waals surface area contributed by atoms with Crippen molar-refractivity contribution in [1.29, 1.82) is 0 Å². The average Bonchev–Trinajstić information content (AvgIpc) is 3.08. The number of imidazole rings is 1. The van der Waals surface area contributed by atoms with Crippen molar-refractivity contribution in [2.45, 2.75) is 6.54 Å². The summed E-state index contributed by atoms with van der Waals surface area (Å²) >= 11 is 0. The van der Waals surface area contributed by atoms with E-state index >= 15 is 0 Å². The van der Waals surface area contributed by atoms with Crippen molar-refractivity contribution in [2.75, 3.05) is 7.11 Å². The Labute approximate surface area is 147 Å². The van der Waals surface area contributed by atoms with Crippen molar-refractivity contribution >= 4 is 27.9 Å². The topological polar surface area (TPSA) is 97.2 Å². The number of aromatic amines is 1. The zero-order valence-corrected chi connectivity index (χ0v) is 13.9. The maximum absolute atomic E-state index is 12.4. The van der Waals surface area contributed by atoms with E-state index in [-0.39, 0.29) is 12.1 Å². The van der Waals surface area contributed by atoms with Crippen molar-refractivity contribution < 1.29 is 13.9 Å². The Morgan fingerprint density at radius 2 is 2.08 bits per heavy atom. The van der Waals surface area contributed by atoms with E-state index in [0.29, 0.717) is 22.5 Å². The predicted molar refractivity (Wildman–Crippen MR) is 96.3 cm³/mol. The van der Waals surface area contributed by atoms with E-state index in [1.807, 2.05) is 24.3 Å². The van der Waals surface area contributed by atoms with Gasteiger partial charge in [-0.1, -0.05) is 24.3 Å². The van der Waals surface area contributed by atoms with Gasteiger partial charge in [-0.2, -0.15) is 0 Å². The van der Waals surface area contributed by atoms with Gasteiger partial charge in [-0.15, -0.1) is 0 Å². The first-order valence-electron chi connectivity index (χ1n) is 7.98. The Bertz CT molecular complexity index is 1140. The normalized spacial score (nSPS) is 11.0. The summed E-state index contributed by atoms with van der Waals surface area (Å²) < 4.78 is 10.4. The van der Waals surface area contributed by atoms with E-state index in [0.717, 1.165) is 11.0 Å². The van der Waals surface area contributed by atoms with E-state index in [4.69, 9.17) is 9.15 Å². The zero-order valence-electron chi connectivity index (χ0n) is 13.9. The molecule has 130 valence electrons. The summed E-state index contributed by atoms with van der Waals surface area (Å²) in [5, 5.41) is 3.30. The van der Waals surface area contributed by atoms with Gasteiger partial charge in [0.15, 0.2) is 11.3 Å². The highest BCUT2D eigenvalue weighted by Gasteiger charge is 2.16. The second kappa shape index (κ2) is 6.36. The first-order valence-corrected chi connectivity index (χ1v) is 7.98. The lowest BCUT2D eigenvalue weighted by Gasteiger charge is -2.06. The Kier molecular flexibility index (Phi) is 3.89. The van der Waals surface area contributed by atoms with Crippen LogP contribution in [0.5, 0.6) is 5.75 Å². The molecule has 2 heterocycles. The smallest absolute Gasteiger partial charge is 0.349 e. The molecule has 7 nitrogen and oxygen atoms in total. The number of amides is 1. The number of ether oxygens (including phenoxy) is 1. The van der Waals surface area contributed by atoms with Crippen LogP contribution in [0.15, 0.2) is 57.7 Å². The number of fused-ring (bicyclic) bond motifs is 2. The number of rotatable bonds is 4. The number of hydrogen-bond acceptors (Lipinski definition) is 5. The third kappa shape index (κ3) is 2.79. The van der Waals surface area contributed by atoms with Gasteiger partial charge >= 0.3 is 5.63 Å². The van der Waals surface area contributed by atoms with Crippen LogP contribution in [0.3, 0.4) is 0 Å². The van der Waals surface area contributed by atoms with E-state index in [1.165, 1.54) is 13.2 Å². The molecular weight excluding hydrogens is 334 g/mol. The molecule has 0 aliphatic rings. The van der Waals surface area contributed by atoms with Crippen LogP contribution < -0.4 is 15.7 Å². The maximum atomic E-state index is 12.4. The van der Waals surface area contributed by atoms with Crippen molar-refractivity contribution in [1.82, 2.24) is 15.3 Å². The van der Waals surface area contributed by atoms with Crippen molar-refractivity contribution in [3.05, 3.63) is 70.3 Å². The highest BCUT2D eigenvalue weighted by Crippen LogP contribution is 2.24. The van der Waals surface area contributed by atoms with E-state index in [1.54, 1.807) is 18.2 Å². The lowest BCUT2D eigenvalue weighted by molar-refractivity contribution is 0.0946. The molecule has 7 heteroatoms. The second-order valence-electron chi connectivity index (χ2n) is 5.71. The van der Waals surface area contributed by atoms with Crippen LogP contribution in [0.2, 0.25) is 0 Å². The number of aromatic nitrogens is 2. The Hall–Kier alpha value is -3.61.